The number of aliphatic hydroxyl groups is 1. The second kappa shape index (κ2) is 5.94. The molecule has 27 heavy (non-hydrogen) atoms. The molecule has 0 spiro atoms. The molecule has 3 aliphatic rings. The molecule has 3 aliphatic carbocycles. The standard InChI is InChI=1S/C24H32O3/c1-13-10-19(26)21-17(16-9-14(2)18(25)11-15(13)16)12-20(27)22-23(3,4)7-6-8-24(21,22)5/h9-11,17,20-22,25,27H,6-8,12H2,1-5H3. The van der Waals surface area contributed by atoms with Crippen molar-refractivity contribution in [3.05, 3.63) is 34.9 Å². The molecule has 2 N–H and O–H groups in total. The van der Waals surface area contributed by atoms with Crippen molar-refractivity contribution in [3.63, 3.8) is 0 Å². The molecule has 3 heteroatoms. The summed E-state index contributed by atoms with van der Waals surface area (Å²) in [6.07, 6.45) is 5.21. The molecule has 0 amide bonds. The van der Waals surface area contributed by atoms with Gasteiger partial charge in [-0.25, -0.2) is 0 Å². The maximum Gasteiger partial charge on any atom is 0.160 e. The van der Waals surface area contributed by atoms with Crippen molar-refractivity contribution in [1.29, 1.82) is 0 Å². The number of allylic oxidation sites excluding steroid dienone is 2. The monoisotopic (exact) mass is 368 g/mol. The number of hydrogen-bond donors (Lipinski definition) is 2. The van der Waals surface area contributed by atoms with Gasteiger partial charge in [-0.15, -0.1) is 0 Å². The van der Waals surface area contributed by atoms with Gasteiger partial charge in [0.25, 0.3) is 0 Å². The smallest absolute Gasteiger partial charge is 0.160 e. The highest BCUT2D eigenvalue weighted by Crippen LogP contribution is 2.64. The van der Waals surface area contributed by atoms with E-state index in [1.807, 2.05) is 19.9 Å². The Balaban J connectivity index is 1.93. The second-order valence-corrected chi connectivity index (χ2v) is 10.2. The zero-order valence-electron chi connectivity index (χ0n) is 17.2. The molecule has 0 aromatic heterocycles. The third kappa shape index (κ3) is 2.61. The fraction of sp³-hybridized carbons (Fsp3) is 0.625. The van der Waals surface area contributed by atoms with Crippen LogP contribution >= 0.6 is 0 Å². The summed E-state index contributed by atoms with van der Waals surface area (Å²) in [5, 5.41) is 21.5. The van der Waals surface area contributed by atoms with Gasteiger partial charge in [-0.05, 0) is 90.2 Å². The van der Waals surface area contributed by atoms with E-state index < -0.39 is 6.10 Å². The summed E-state index contributed by atoms with van der Waals surface area (Å²) in [5.74, 6) is 0.503. The number of ketones is 1. The highest BCUT2D eigenvalue weighted by Gasteiger charge is 2.60. The van der Waals surface area contributed by atoms with Crippen molar-refractivity contribution >= 4 is 11.4 Å². The number of phenolic OH excluding ortho intramolecular Hbond substituents is 1. The largest absolute Gasteiger partial charge is 0.508 e. The van der Waals surface area contributed by atoms with Crippen LogP contribution in [0.15, 0.2) is 18.2 Å². The van der Waals surface area contributed by atoms with E-state index in [4.69, 9.17) is 0 Å². The molecule has 2 fully saturated rings. The van der Waals surface area contributed by atoms with Gasteiger partial charge in [0.2, 0.25) is 0 Å². The van der Waals surface area contributed by atoms with Crippen LogP contribution in [0.25, 0.3) is 5.57 Å². The van der Waals surface area contributed by atoms with E-state index in [9.17, 15) is 15.0 Å². The van der Waals surface area contributed by atoms with Gasteiger partial charge in [0.1, 0.15) is 5.75 Å². The molecule has 3 nitrogen and oxygen atoms in total. The van der Waals surface area contributed by atoms with Gasteiger partial charge in [-0.1, -0.05) is 33.3 Å². The quantitative estimate of drug-likeness (QED) is 0.679. The Morgan fingerprint density at radius 2 is 1.81 bits per heavy atom. The highest BCUT2D eigenvalue weighted by molar-refractivity contribution is 6.01. The molecule has 146 valence electrons. The van der Waals surface area contributed by atoms with Gasteiger partial charge in [0, 0.05) is 5.92 Å². The predicted molar refractivity (Wildman–Crippen MR) is 108 cm³/mol. The Hall–Kier alpha value is -1.61. The van der Waals surface area contributed by atoms with Crippen molar-refractivity contribution in [1.82, 2.24) is 0 Å². The van der Waals surface area contributed by atoms with Crippen molar-refractivity contribution in [3.8, 4) is 5.75 Å². The first-order chi connectivity index (χ1) is 12.6. The number of fused-ring (bicyclic) bond motifs is 5. The number of phenols is 1. The third-order valence-corrected chi connectivity index (χ3v) is 7.94. The fourth-order valence-electron chi connectivity index (χ4n) is 7.01. The Morgan fingerprint density at radius 1 is 1.11 bits per heavy atom. The predicted octanol–water partition coefficient (Wildman–Crippen LogP) is 4.98. The lowest BCUT2D eigenvalue weighted by Gasteiger charge is -2.60. The van der Waals surface area contributed by atoms with Gasteiger partial charge in [0.05, 0.1) is 6.10 Å². The summed E-state index contributed by atoms with van der Waals surface area (Å²) in [5.41, 5.74) is 3.67. The van der Waals surface area contributed by atoms with Crippen molar-refractivity contribution in [2.45, 2.75) is 72.3 Å². The van der Waals surface area contributed by atoms with E-state index in [0.29, 0.717) is 6.42 Å². The molecule has 0 heterocycles. The molecule has 4 rings (SSSR count). The van der Waals surface area contributed by atoms with Crippen LogP contribution in [0, 0.1) is 29.6 Å². The van der Waals surface area contributed by atoms with Crippen molar-refractivity contribution in [2.24, 2.45) is 22.7 Å². The average Bonchev–Trinajstić information content (AvgIpc) is 2.63. The molecule has 0 aliphatic heterocycles. The molecule has 0 radical (unpaired) electrons. The first kappa shape index (κ1) is 18.7. The van der Waals surface area contributed by atoms with Crippen LogP contribution in [0.3, 0.4) is 0 Å². The summed E-state index contributed by atoms with van der Waals surface area (Å²) in [4.78, 5) is 13.5. The van der Waals surface area contributed by atoms with Crippen LogP contribution in [0.4, 0.5) is 0 Å². The summed E-state index contributed by atoms with van der Waals surface area (Å²) in [6, 6.07) is 3.85. The minimum absolute atomic E-state index is 0.00523. The van der Waals surface area contributed by atoms with E-state index in [-0.39, 0.29) is 40.1 Å². The molecular weight excluding hydrogens is 336 g/mol. The van der Waals surface area contributed by atoms with Gasteiger partial charge in [0.15, 0.2) is 5.78 Å². The minimum Gasteiger partial charge on any atom is -0.508 e. The normalized spacial score (nSPS) is 37.6. The highest BCUT2D eigenvalue weighted by atomic mass is 16.3. The van der Waals surface area contributed by atoms with Crippen LogP contribution in [0.2, 0.25) is 0 Å². The SMILES string of the molecule is CC1=CC(=O)C2C(CC(O)C3C(C)(C)CCCC23C)c2cc(C)c(O)cc21. The van der Waals surface area contributed by atoms with E-state index in [1.165, 1.54) is 0 Å². The Bertz CT molecular complexity index is 834. The number of benzene rings is 1. The molecule has 1 aromatic carbocycles. The molecule has 5 atom stereocenters. The van der Waals surface area contributed by atoms with E-state index in [0.717, 1.165) is 41.5 Å². The maximum absolute atomic E-state index is 13.5. The maximum atomic E-state index is 13.5. The zero-order chi connectivity index (χ0) is 19.7. The Labute approximate surface area is 162 Å². The second-order valence-electron chi connectivity index (χ2n) is 10.2. The molecular formula is C24H32O3. The number of aromatic hydroxyl groups is 1. The molecule has 5 unspecified atom stereocenters. The first-order valence-corrected chi connectivity index (χ1v) is 10.3. The van der Waals surface area contributed by atoms with Gasteiger partial charge in [-0.2, -0.15) is 0 Å². The molecule has 0 bridgehead atoms. The zero-order valence-corrected chi connectivity index (χ0v) is 17.2. The number of carbonyl (C=O) groups excluding carboxylic acids is 1. The lowest BCUT2D eigenvalue weighted by atomic mass is 9.44. The summed E-state index contributed by atoms with van der Waals surface area (Å²) in [7, 11) is 0. The number of carbonyl (C=O) groups is 1. The van der Waals surface area contributed by atoms with Gasteiger partial charge in [-0.3, -0.25) is 4.79 Å². The van der Waals surface area contributed by atoms with Crippen molar-refractivity contribution in [2.75, 3.05) is 0 Å². The summed E-state index contributed by atoms with van der Waals surface area (Å²) >= 11 is 0. The number of hydrogen-bond acceptors (Lipinski definition) is 3. The lowest BCUT2D eigenvalue weighted by Crippen LogP contribution is -2.58. The fourth-order valence-corrected chi connectivity index (χ4v) is 7.01. The van der Waals surface area contributed by atoms with Crippen LogP contribution in [0.5, 0.6) is 5.75 Å². The molecule has 0 saturated heterocycles. The third-order valence-electron chi connectivity index (χ3n) is 7.94. The summed E-state index contributed by atoms with van der Waals surface area (Å²) < 4.78 is 0. The van der Waals surface area contributed by atoms with Crippen LogP contribution in [0.1, 0.15) is 76.0 Å². The van der Waals surface area contributed by atoms with Crippen LogP contribution in [-0.2, 0) is 4.79 Å². The Morgan fingerprint density at radius 3 is 2.52 bits per heavy atom. The van der Waals surface area contributed by atoms with E-state index in [2.05, 4.69) is 20.8 Å². The molecule has 2 saturated carbocycles. The Kier molecular flexibility index (Phi) is 4.12. The average molecular weight is 369 g/mol. The van der Waals surface area contributed by atoms with E-state index >= 15 is 0 Å². The number of rotatable bonds is 0. The van der Waals surface area contributed by atoms with Crippen molar-refractivity contribution < 1.29 is 15.0 Å². The minimum atomic E-state index is -0.403. The summed E-state index contributed by atoms with van der Waals surface area (Å²) in [6.45, 7) is 10.6. The lowest BCUT2D eigenvalue weighted by molar-refractivity contribution is -0.159. The van der Waals surface area contributed by atoms with Crippen LogP contribution in [-0.4, -0.2) is 22.1 Å². The van der Waals surface area contributed by atoms with E-state index in [1.54, 1.807) is 12.1 Å². The van der Waals surface area contributed by atoms with Gasteiger partial charge < -0.3 is 10.2 Å². The molecule has 1 aromatic rings. The topological polar surface area (TPSA) is 57.5 Å². The number of aliphatic hydroxyl groups excluding tert-OH is 1. The van der Waals surface area contributed by atoms with Crippen LogP contribution < -0.4 is 0 Å². The van der Waals surface area contributed by atoms with Gasteiger partial charge >= 0.3 is 0 Å². The first-order valence-electron chi connectivity index (χ1n) is 10.3. The number of aryl methyl sites for hydroxylation is 1.